The van der Waals surface area contributed by atoms with Crippen LogP contribution in [0.5, 0.6) is 0 Å². The molecule has 29 heavy (non-hydrogen) atoms. The van der Waals surface area contributed by atoms with Crippen LogP contribution in [0.2, 0.25) is 0 Å². The van der Waals surface area contributed by atoms with Crippen LogP contribution in [0.25, 0.3) is 22.3 Å². The van der Waals surface area contributed by atoms with Gasteiger partial charge in [0.25, 0.3) is 5.56 Å². The van der Waals surface area contributed by atoms with E-state index in [0.29, 0.717) is 24.0 Å². The maximum Gasteiger partial charge on any atom is 0.257 e. The highest BCUT2D eigenvalue weighted by molar-refractivity contribution is 5.92. The summed E-state index contributed by atoms with van der Waals surface area (Å²) >= 11 is 0. The van der Waals surface area contributed by atoms with Crippen LogP contribution < -0.4 is 5.56 Å². The van der Waals surface area contributed by atoms with Crippen LogP contribution in [0, 0.1) is 12.7 Å². The third-order valence-electron chi connectivity index (χ3n) is 6.37. The lowest BCUT2D eigenvalue weighted by Gasteiger charge is -2.21. The molecule has 0 atom stereocenters. The predicted octanol–water partition coefficient (Wildman–Crippen LogP) is 4.24. The van der Waals surface area contributed by atoms with E-state index in [9.17, 15) is 9.18 Å². The van der Waals surface area contributed by atoms with Gasteiger partial charge in [-0.3, -0.25) is 4.79 Å². The van der Waals surface area contributed by atoms with E-state index in [0.717, 1.165) is 58.3 Å². The molecule has 5 heteroatoms. The highest BCUT2D eigenvalue weighted by Gasteiger charge is 2.30. The summed E-state index contributed by atoms with van der Waals surface area (Å²) in [6.45, 7) is 6.46. The number of pyridine rings is 2. The topological polar surface area (TPSA) is 44.1 Å². The van der Waals surface area contributed by atoms with Crippen molar-refractivity contribution in [3.05, 3.63) is 74.3 Å². The van der Waals surface area contributed by atoms with Crippen molar-refractivity contribution in [2.75, 3.05) is 7.11 Å². The van der Waals surface area contributed by atoms with Crippen molar-refractivity contribution in [1.29, 1.82) is 0 Å². The second-order valence-electron chi connectivity index (χ2n) is 7.98. The van der Waals surface area contributed by atoms with E-state index in [4.69, 9.17) is 9.72 Å². The molecular weight excluding hydrogens is 367 g/mol. The highest BCUT2D eigenvalue weighted by Crippen LogP contribution is 2.41. The Morgan fingerprint density at radius 1 is 1.28 bits per heavy atom. The standard InChI is InChI=1S/C24H23FN2O2/c1-4-6-14-9-21-23-17(11-27(21)24(28)18(14)12-29-3)16-8-5-7-15-13(2)19(25)10-20(26-23)22(15)16/h4,9-10H,1,5-8,11-12H2,2-3H3. The summed E-state index contributed by atoms with van der Waals surface area (Å²) in [6, 6.07) is 3.58. The molecule has 4 nitrogen and oxygen atoms in total. The summed E-state index contributed by atoms with van der Waals surface area (Å²) < 4.78 is 21.6. The van der Waals surface area contributed by atoms with Crippen LogP contribution >= 0.6 is 0 Å². The SMILES string of the molecule is C=CCc1cc2n(c(=O)c1COC)Cc1c-2nc2cc(F)c(C)c3c2c1CCC3. The maximum absolute atomic E-state index is 14.5. The molecule has 0 unspecified atom stereocenters. The third-order valence-corrected chi connectivity index (χ3v) is 6.37. The summed E-state index contributed by atoms with van der Waals surface area (Å²) in [5.41, 5.74) is 8.02. The molecule has 1 aromatic carbocycles. The van der Waals surface area contributed by atoms with Crippen molar-refractivity contribution in [2.24, 2.45) is 0 Å². The minimum Gasteiger partial charge on any atom is -0.380 e. The minimum absolute atomic E-state index is 0.0335. The zero-order valence-corrected chi connectivity index (χ0v) is 16.8. The highest BCUT2D eigenvalue weighted by atomic mass is 19.1. The van der Waals surface area contributed by atoms with E-state index in [2.05, 4.69) is 6.58 Å². The molecule has 0 amide bonds. The number of hydrogen-bond donors (Lipinski definition) is 0. The number of rotatable bonds is 4. The lowest BCUT2D eigenvalue weighted by Crippen LogP contribution is -2.25. The number of hydrogen-bond acceptors (Lipinski definition) is 3. The second-order valence-corrected chi connectivity index (χ2v) is 7.98. The van der Waals surface area contributed by atoms with Crippen LogP contribution in [-0.2, 0) is 37.2 Å². The number of ether oxygens (including phenoxy) is 1. The molecule has 148 valence electrons. The van der Waals surface area contributed by atoms with Crippen LogP contribution in [0.15, 0.2) is 29.6 Å². The molecular formula is C24H23FN2O2. The number of halogens is 1. The van der Waals surface area contributed by atoms with Crippen molar-refractivity contribution in [2.45, 2.75) is 45.8 Å². The van der Waals surface area contributed by atoms with Crippen LogP contribution in [0.4, 0.5) is 4.39 Å². The van der Waals surface area contributed by atoms with Crippen molar-refractivity contribution in [1.82, 2.24) is 9.55 Å². The summed E-state index contributed by atoms with van der Waals surface area (Å²) in [5.74, 6) is -0.203. The Balaban J connectivity index is 1.83. The van der Waals surface area contributed by atoms with Crippen molar-refractivity contribution >= 4 is 10.9 Å². The van der Waals surface area contributed by atoms with Gasteiger partial charge in [0, 0.05) is 29.7 Å². The molecule has 3 aromatic rings. The van der Waals surface area contributed by atoms with Crippen LogP contribution in [-0.4, -0.2) is 16.7 Å². The Labute approximate surface area is 168 Å². The van der Waals surface area contributed by atoms with Gasteiger partial charge in [-0.05, 0) is 60.9 Å². The molecule has 3 heterocycles. The monoisotopic (exact) mass is 390 g/mol. The summed E-state index contributed by atoms with van der Waals surface area (Å²) in [5, 5.41) is 1.10. The molecule has 5 rings (SSSR count). The lowest BCUT2D eigenvalue weighted by molar-refractivity contribution is 0.182. The molecule has 0 saturated carbocycles. The zero-order valence-electron chi connectivity index (χ0n) is 16.8. The van der Waals surface area contributed by atoms with Gasteiger partial charge in [0.05, 0.1) is 30.1 Å². The van der Waals surface area contributed by atoms with E-state index in [1.165, 1.54) is 5.56 Å². The number of fused-ring (bicyclic) bond motifs is 4. The molecule has 2 aliphatic rings. The van der Waals surface area contributed by atoms with Gasteiger partial charge in [-0.25, -0.2) is 9.37 Å². The molecule has 0 bridgehead atoms. The number of nitrogens with zero attached hydrogens (tertiary/aromatic N) is 2. The summed E-state index contributed by atoms with van der Waals surface area (Å²) in [4.78, 5) is 18.1. The molecule has 1 aliphatic heterocycles. The van der Waals surface area contributed by atoms with E-state index >= 15 is 0 Å². The zero-order chi connectivity index (χ0) is 20.3. The van der Waals surface area contributed by atoms with Gasteiger partial charge in [0.2, 0.25) is 0 Å². The molecule has 2 aromatic heterocycles. The van der Waals surface area contributed by atoms with Crippen molar-refractivity contribution in [3.63, 3.8) is 0 Å². The van der Waals surface area contributed by atoms with E-state index in [-0.39, 0.29) is 18.0 Å². The average molecular weight is 390 g/mol. The fraction of sp³-hybridized carbons (Fsp3) is 0.333. The summed E-state index contributed by atoms with van der Waals surface area (Å²) in [7, 11) is 1.60. The molecule has 0 N–H and O–H groups in total. The first-order valence-corrected chi connectivity index (χ1v) is 10.0. The fourth-order valence-electron chi connectivity index (χ4n) is 4.99. The van der Waals surface area contributed by atoms with Gasteiger partial charge in [-0.15, -0.1) is 6.58 Å². The number of methoxy groups -OCH3 is 1. The lowest BCUT2D eigenvalue weighted by atomic mass is 9.85. The van der Waals surface area contributed by atoms with E-state index < -0.39 is 0 Å². The smallest absolute Gasteiger partial charge is 0.257 e. The number of aromatic nitrogens is 2. The molecule has 0 fully saturated rings. The molecule has 0 saturated heterocycles. The van der Waals surface area contributed by atoms with Gasteiger partial charge in [0.1, 0.15) is 5.82 Å². The van der Waals surface area contributed by atoms with Gasteiger partial charge in [-0.1, -0.05) is 6.08 Å². The Morgan fingerprint density at radius 3 is 2.83 bits per heavy atom. The van der Waals surface area contributed by atoms with Crippen LogP contribution in [0.3, 0.4) is 0 Å². The number of allylic oxidation sites excluding steroid dienone is 1. The van der Waals surface area contributed by atoms with Gasteiger partial charge in [-0.2, -0.15) is 0 Å². The number of aryl methyl sites for hydroxylation is 2. The molecule has 0 spiro atoms. The maximum atomic E-state index is 14.5. The molecule has 0 radical (unpaired) electrons. The largest absolute Gasteiger partial charge is 0.380 e. The normalized spacial score (nSPS) is 14.2. The first-order chi connectivity index (χ1) is 14.0. The third kappa shape index (κ3) is 2.53. The average Bonchev–Trinajstić information content (AvgIpc) is 3.08. The van der Waals surface area contributed by atoms with Crippen LogP contribution in [0.1, 0.15) is 39.8 Å². The molecule has 1 aliphatic carbocycles. The Hall–Kier alpha value is -2.79. The van der Waals surface area contributed by atoms with Gasteiger partial charge >= 0.3 is 0 Å². The second kappa shape index (κ2) is 6.63. The Kier molecular flexibility index (Phi) is 4.17. The summed E-state index contributed by atoms with van der Waals surface area (Å²) in [6.07, 6.45) is 5.19. The van der Waals surface area contributed by atoms with Crippen molar-refractivity contribution in [3.8, 4) is 11.4 Å². The first-order valence-electron chi connectivity index (χ1n) is 10.0. The van der Waals surface area contributed by atoms with Gasteiger partial charge < -0.3 is 9.30 Å². The van der Waals surface area contributed by atoms with E-state index in [1.807, 2.05) is 13.0 Å². The van der Waals surface area contributed by atoms with Gasteiger partial charge in [0.15, 0.2) is 0 Å². The fourth-order valence-corrected chi connectivity index (χ4v) is 4.99. The van der Waals surface area contributed by atoms with Crippen molar-refractivity contribution < 1.29 is 9.13 Å². The quantitative estimate of drug-likeness (QED) is 0.490. The number of benzene rings is 1. The van der Waals surface area contributed by atoms with E-state index in [1.54, 1.807) is 23.8 Å². The Bertz CT molecular complexity index is 1260. The minimum atomic E-state index is -0.203. The predicted molar refractivity (Wildman–Crippen MR) is 112 cm³/mol. The first kappa shape index (κ1) is 18.3. The Morgan fingerprint density at radius 2 is 2.07 bits per heavy atom.